The minimum absolute atomic E-state index is 0.231. The zero-order valence-corrected chi connectivity index (χ0v) is 9.49. The predicted octanol–water partition coefficient (Wildman–Crippen LogP) is 3.54. The monoisotopic (exact) mass is 202 g/mol. The Morgan fingerprint density at radius 2 is 1.93 bits per heavy atom. The average molecular weight is 202 g/mol. The highest BCUT2D eigenvalue weighted by Gasteiger charge is 2.04. The summed E-state index contributed by atoms with van der Waals surface area (Å²) in [7, 11) is 0. The summed E-state index contributed by atoms with van der Waals surface area (Å²) in [5.74, 6) is 0.231. The van der Waals surface area contributed by atoms with Gasteiger partial charge in [-0.15, -0.1) is 0 Å². The number of Topliss-reactive ketones (excluding diaryl/α,β-unsaturated/α-hetero) is 1. The van der Waals surface area contributed by atoms with Gasteiger partial charge in [0.25, 0.3) is 0 Å². The van der Waals surface area contributed by atoms with E-state index in [-0.39, 0.29) is 5.78 Å². The van der Waals surface area contributed by atoms with Gasteiger partial charge in [-0.25, -0.2) is 0 Å². The van der Waals surface area contributed by atoms with E-state index in [1.807, 2.05) is 43.3 Å². The average Bonchev–Trinajstić information content (AvgIpc) is 2.27. The van der Waals surface area contributed by atoms with Crippen LogP contribution in [0.3, 0.4) is 0 Å². The first-order valence-electron chi connectivity index (χ1n) is 5.48. The van der Waals surface area contributed by atoms with Crippen molar-refractivity contribution >= 4 is 5.78 Å². The molecular formula is C14H18O. The molecular weight excluding hydrogens is 184 g/mol. The molecule has 0 unspecified atom stereocenters. The molecule has 0 heterocycles. The number of hydrogen-bond donors (Lipinski definition) is 0. The van der Waals surface area contributed by atoms with Crippen molar-refractivity contribution in [3.05, 3.63) is 47.5 Å². The van der Waals surface area contributed by atoms with E-state index in [2.05, 4.69) is 6.92 Å². The van der Waals surface area contributed by atoms with Crippen LogP contribution in [-0.4, -0.2) is 5.78 Å². The van der Waals surface area contributed by atoms with Crippen molar-refractivity contribution in [2.24, 2.45) is 0 Å². The molecule has 0 aromatic heterocycles. The molecule has 0 aliphatic rings. The smallest absolute Gasteiger partial charge is 0.162 e. The summed E-state index contributed by atoms with van der Waals surface area (Å²) >= 11 is 0. The van der Waals surface area contributed by atoms with Crippen LogP contribution in [0.2, 0.25) is 0 Å². The summed E-state index contributed by atoms with van der Waals surface area (Å²) in [6.45, 7) is 4.02. The van der Waals surface area contributed by atoms with E-state index in [0.29, 0.717) is 6.42 Å². The summed E-state index contributed by atoms with van der Waals surface area (Å²) in [6.07, 6.45) is 4.64. The van der Waals surface area contributed by atoms with Crippen molar-refractivity contribution in [3.8, 4) is 0 Å². The Bertz CT molecular complexity index is 336. The maximum Gasteiger partial charge on any atom is 0.162 e. The van der Waals surface area contributed by atoms with Crippen LogP contribution in [-0.2, 0) is 11.2 Å². The van der Waals surface area contributed by atoms with E-state index in [1.165, 1.54) is 0 Å². The summed E-state index contributed by atoms with van der Waals surface area (Å²) in [5.41, 5.74) is 1.98. The fourth-order valence-corrected chi connectivity index (χ4v) is 1.40. The third-order valence-electron chi connectivity index (χ3n) is 2.39. The predicted molar refractivity (Wildman–Crippen MR) is 63.8 cm³/mol. The molecule has 0 fully saturated rings. The van der Waals surface area contributed by atoms with E-state index in [9.17, 15) is 4.79 Å². The Balaban J connectivity index is 2.56. The molecule has 0 atom stereocenters. The summed E-state index contributed by atoms with van der Waals surface area (Å²) in [4.78, 5) is 11.8. The zero-order chi connectivity index (χ0) is 11.1. The van der Waals surface area contributed by atoms with Crippen molar-refractivity contribution in [1.82, 2.24) is 0 Å². The van der Waals surface area contributed by atoms with Gasteiger partial charge in [0.05, 0.1) is 0 Å². The second kappa shape index (κ2) is 6.18. The molecule has 0 amide bonds. The molecule has 1 aromatic carbocycles. The molecule has 0 bridgehead atoms. The number of carbonyl (C=O) groups excluding carboxylic acids is 1. The van der Waals surface area contributed by atoms with Crippen LogP contribution in [0, 0.1) is 0 Å². The Kier molecular flexibility index (Phi) is 4.82. The summed E-state index contributed by atoms with van der Waals surface area (Å²) in [6, 6.07) is 9.88. The van der Waals surface area contributed by atoms with E-state index >= 15 is 0 Å². The van der Waals surface area contributed by atoms with Gasteiger partial charge < -0.3 is 0 Å². The molecule has 0 spiro atoms. The summed E-state index contributed by atoms with van der Waals surface area (Å²) in [5, 5.41) is 0. The lowest BCUT2D eigenvalue weighted by molar-refractivity contribution is -0.114. The lowest BCUT2D eigenvalue weighted by Crippen LogP contribution is -2.03. The van der Waals surface area contributed by atoms with Crippen LogP contribution in [0.1, 0.15) is 32.3 Å². The van der Waals surface area contributed by atoms with Gasteiger partial charge in [0.15, 0.2) is 5.78 Å². The second-order valence-electron chi connectivity index (χ2n) is 3.76. The molecule has 1 nitrogen and oxygen atoms in total. The van der Waals surface area contributed by atoms with Crippen LogP contribution in [0.5, 0.6) is 0 Å². The van der Waals surface area contributed by atoms with E-state index in [4.69, 9.17) is 0 Å². The third-order valence-corrected chi connectivity index (χ3v) is 2.39. The van der Waals surface area contributed by atoms with Crippen molar-refractivity contribution in [3.63, 3.8) is 0 Å². The van der Waals surface area contributed by atoms with Crippen LogP contribution in [0.15, 0.2) is 42.0 Å². The molecule has 1 rings (SSSR count). The van der Waals surface area contributed by atoms with Gasteiger partial charge in [0, 0.05) is 6.42 Å². The van der Waals surface area contributed by atoms with Gasteiger partial charge in [-0.1, -0.05) is 49.8 Å². The minimum atomic E-state index is 0.231. The van der Waals surface area contributed by atoms with Gasteiger partial charge in [-0.05, 0) is 24.5 Å². The third kappa shape index (κ3) is 4.11. The second-order valence-corrected chi connectivity index (χ2v) is 3.76. The Morgan fingerprint density at radius 3 is 2.53 bits per heavy atom. The number of allylic oxidation sites excluding steroid dienone is 2. The lowest BCUT2D eigenvalue weighted by Gasteiger charge is -2.01. The van der Waals surface area contributed by atoms with Crippen molar-refractivity contribution in [1.29, 1.82) is 0 Å². The maximum atomic E-state index is 11.8. The standard InChI is InChI=1S/C14H18O/c1-3-4-8-12(2)14(15)11-13-9-6-5-7-10-13/h5-10H,3-4,11H2,1-2H3. The Morgan fingerprint density at radius 1 is 1.27 bits per heavy atom. The van der Waals surface area contributed by atoms with Gasteiger partial charge >= 0.3 is 0 Å². The van der Waals surface area contributed by atoms with Crippen LogP contribution in [0.4, 0.5) is 0 Å². The number of carbonyl (C=O) groups is 1. The van der Waals surface area contributed by atoms with E-state index < -0.39 is 0 Å². The van der Waals surface area contributed by atoms with Gasteiger partial charge in [-0.2, -0.15) is 0 Å². The molecule has 0 saturated carbocycles. The van der Waals surface area contributed by atoms with E-state index in [0.717, 1.165) is 24.0 Å². The molecule has 0 aliphatic heterocycles. The highest BCUT2D eigenvalue weighted by atomic mass is 16.1. The molecule has 0 aliphatic carbocycles. The van der Waals surface area contributed by atoms with Crippen molar-refractivity contribution < 1.29 is 4.79 Å². The number of hydrogen-bond acceptors (Lipinski definition) is 1. The molecule has 1 heteroatoms. The molecule has 0 radical (unpaired) electrons. The fourth-order valence-electron chi connectivity index (χ4n) is 1.40. The largest absolute Gasteiger partial charge is 0.294 e. The SMILES string of the molecule is CCCC=C(C)C(=O)Cc1ccccc1. The topological polar surface area (TPSA) is 17.1 Å². The minimum Gasteiger partial charge on any atom is -0.294 e. The van der Waals surface area contributed by atoms with Gasteiger partial charge in [0.1, 0.15) is 0 Å². The number of ketones is 1. The molecule has 0 saturated heterocycles. The number of unbranched alkanes of at least 4 members (excludes halogenated alkanes) is 1. The first kappa shape index (κ1) is 11.7. The highest BCUT2D eigenvalue weighted by molar-refractivity contribution is 5.96. The number of benzene rings is 1. The number of rotatable bonds is 5. The van der Waals surface area contributed by atoms with Crippen LogP contribution < -0.4 is 0 Å². The molecule has 15 heavy (non-hydrogen) atoms. The molecule has 0 N–H and O–H groups in total. The summed E-state index contributed by atoms with van der Waals surface area (Å²) < 4.78 is 0. The van der Waals surface area contributed by atoms with Crippen molar-refractivity contribution in [2.75, 3.05) is 0 Å². The first-order valence-corrected chi connectivity index (χ1v) is 5.48. The first-order chi connectivity index (χ1) is 7.24. The normalized spacial score (nSPS) is 11.5. The van der Waals surface area contributed by atoms with Crippen molar-refractivity contribution in [2.45, 2.75) is 33.1 Å². The van der Waals surface area contributed by atoms with Gasteiger partial charge in [0.2, 0.25) is 0 Å². The quantitative estimate of drug-likeness (QED) is 0.667. The van der Waals surface area contributed by atoms with Crippen LogP contribution in [0.25, 0.3) is 0 Å². The highest BCUT2D eigenvalue weighted by Crippen LogP contribution is 2.06. The fraction of sp³-hybridized carbons (Fsp3) is 0.357. The molecule has 1 aromatic rings. The Hall–Kier alpha value is -1.37. The zero-order valence-electron chi connectivity index (χ0n) is 9.49. The van der Waals surface area contributed by atoms with Crippen LogP contribution >= 0.6 is 0 Å². The lowest BCUT2D eigenvalue weighted by atomic mass is 10.0. The Labute approximate surface area is 91.8 Å². The van der Waals surface area contributed by atoms with Gasteiger partial charge in [-0.3, -0.25) is 4.79 Å². The molecule has 80 valence electrons. The van der Waals surface area contributed by atoms with E-state index in [1.54, 1.807) is 0 Å². The maximum absolute atomic E-state index is 11.8.